The Labute approximate surface area is 356 Å². The normalized spacial score (nSPS) is 2.55. The maximum atomic E-state index is 8.58. The van der Waals surface area contributed by atoms with E-state index in [1.807, 2.05) is 0 Å². The Kier molecular flexibility index (Phi) is 1550. The molecule has 0 aromatic heterocycles. The van der Waals surface area contributed by atoms with E-state index in [1.54, 1.807) is 0 Å². The van der Waals surface area contributed by atoms with Gasteiger partial charge in [-0.25, -0.2) is 21.0 Å². The Bertz CT molecular complexity index is 149. The summed E-state index contributed by atoms with van der Waals surface area (Å²) in [5.74, 6) is 0. The van der Waals surface area contributed by atoms with Crippen LogP contribution in [0.2, 0.25) is 0 Å². The third kappa shape index (κ3) is 562. The van der Waals surface area contributed by atoms with Crippen LogP contribution in [-0.4, -0.2) is 85.3 Å². The van der Waals surface area contributed by atoms with Crippen molar-refractivity contribution in [3.8, 4) is 0 Å². The summed E-state index contributed by atoms with van der Waals surface area (Å²) in [6, 6.07) is 0. The third-order valence-corrected chi connectivity index (χ3v) is 0.149. The fourth-order valence-electron chi connectivity index (χ4n) is 0. The van der Waals surface area contributed by atoms with E-state index in [4.69, 9.17) is 40.2 Å². The van der Waals surface area contributed by atoms with Gasteiger partial charge in [-0.1, -0.05) is 0 Å². The van der Waals surface area contributed by atoms with Crippen molar-refractivity contribution in [2.24, 2.45) is 0 Å². The van der Waals surface area contributed by atoms with Gasteiger partial charge in [0.1, 0.15) is 0 Å². The average Bonchev–Trinajstić information content (AvgIpc) is 2.39. The third-order valence-electron chi connectivity index (χ3n) is 0.149. The van der Waals surface area contributed by atoms with E-state index in [0.29, 0.717) is 0 Å². The fraction of sp³-hybridized carbons (Fsp3) is 0. The van der Waals surface area contributed by atoms with Crippen LogP contribution >= 0.6 is 0 Å². The molecule has 0 aliphatic heterocycles. The topological polar surface area (TPSA) is 407 Å². The molecule has 18 N–H and O–H groups in total. The zero-order valence-electron chi connectivity index (χ0n) is 19.6. The van der Waals surface area contributed by atoms with Gasteiger partial charge in [0.05, 0.1) is 0 Å². The molecule has 0 aliphatic carbocycles. The molecule has 0 saturated carbocycles. The standard InChI is InChI=1S/4CHO3.2CH3.4Na.7H2O.4Zr.H/c4*2-1-4-3;;;;;;;;;;;;;;;;;;/h4*3H;2*1H3;;;;;7*1H2;;;;;/q6*-1;4*+1;;;;;;;;;;2*+2;-1. The van der Waals surface area contributed by atoms with E-state index in [0.717, 1.165) is 25.9 Å². The molecule has 33 heavy (non-hydrogen) atoms. The van der Waals surface area contributed by atoms with Gasteiger partial charge in [0, 0.05) is 52.4 Å². The molecule has 0 saturated heterocycles. The molecule has 0 aromatic rings. The van der Waals surface area contributed by atoms with Crippen molar-refractivity contribution >= 4 is 25.9 Å². The molecular formula is C6H25Na4O19Zr4+. The van der Waals surface area contributed by atoms with E-state index in [-0.39, 0.29) is 278 Å². The first-order valence-corrected chi connectivity index (χ1v) is 2.36. The van der Waals surface area contributed by atoms with Gasteiger partial charge >= 0.3 is 171 Å². The Balaban J connectivity index is -0.00000000240. The van der Waals surface area contributed by atoms with Gasteiger partial charge in [-0.05, 0) is 25.9 Å². The maximum Gasteiger partial charge on any atom is 2.00 e. The first-order chi connectivity index (χ1) is 7.66. The SMILES string of the molecule is O.O.O.O.O.O.O.O=[C-]OO.O=[C-]OO.O=[C-]OO.O=[C-]OO.[CH3-].[CH3-].[H-].[Na+].[Na+].[Na+].[Na+].[Zr+2].[Zr+2].[Zr].[Zr]. The van der Waals surface area contributed by atoms with Gasteiger partial charge in [-0.3, -0.25) is 0 Å². The van der Waals surface area contributed by atoms with Gasteiger partial charge in [-0.15, -0.1) is 0 Å². The summed E-state index contributed by atoms with van der Waals surface area (Å²) < 4.78 is 0. The zero-order valence-corrected chi connectivity index (χ0v) is 36.4. The van der Waals surface area contributed by atoms with Gasteiger partial charge in [0.2, 0.25) is 0 Å². The first kappa shape index (κ1) is 180. The summed E-state index contributed by atoms with van der Waals surface area (Å²) in [5.41, 5.74) is 0. The van der Waals surface area contributed by atoms with Crippen LogP contribution in [-0.2, 0) is 144 Å². The molecule has 182 valence electrons. The van der Waals surface area contributed by atoms with Crippen molar-refractivity contribution in [3.05, 3.63) is 14.9 Å². The molecule has 0 spiro atoms. The Morgan fingerprint density at radius 1 is 0.424 bits per heavy atom. The van der Waals surface area contributed by atoms with Crippen LogP contribution in [0.15, 0.2) is 0 Å². The summed E-state index contributed by atoms with van der Waals surface area (Å²) in [5, 5.41) is 27.8. The number of hydrogen-bond acceptors (Lipinski definition) is 12. The molecule has 0 radical (unpaired) electrons. The van der Waals surface area contributed by atoms with Crippen LogP contribution in [0.4, 0.5) is 0 Å². The molecule has 0 atom stereocenters. The molecule has 0 unspecified atom stereocenters. The fourth-order valence-corrected chi connectivity index (χ4v) is 0. The van der Waals surface area contributed by atoms with Gasteiger partial charge in [-0.2, -0.15) is 0 Å². The van der Waals surface area contributed by atoms with Gasteiger partial charge < -0.3 is 93.3 Å². The van der Waals surface area contributed by atoms with Gasteiger partial charge in [0.15, 0.2) is 0 Å². The largest absolute Gasteiger partial charge is 2.00 e. The molecule has 19 nitrogen and oxygen atoms in total. The van der Waals surface area contributed by atoms with Crippen molar-refractivity contribution in [2.75, 3.05) is 0 Å². The molecule has 27 heteroatoms. The van der Waals surface area contributed by atoms with Crippen molar-refractivity contribution < 1.29 is 323 Å². The van der Waals surface area contributed by atoms with Crippen molar-refractivity contribution in [3.63, 3.8) is 0 Å². The average molecular weight is 858 g/mol. The Hall–Kier alpha value is 4.97. The zero-order chi connectivity index (χ0) is 13.7. The molecule has 0 aromatic carbocycles. The predicted octanol–water partition coefficient (Wildman–Crippen LogP) is -18.6. The van der Waals surface area contributed by atoms with Crippen LogP contribution in [0.3, 0.4) is 0 Å². The maximum absolute atomic E-state index is 8.58. The van der Waals surface area contributed by atoms with Crippen molar-refractivity contribution in [1.82, 2.24) is 0 Å². The minimum atomic E-state index is 0. The minimum absolute atomic E-state index is 0. The first-order valence-electron chi connectivity index (χ1n) is 2.36. The number of hydrogen-bond donors (Lipinski definition) is 4. The summed E-state index contributed by atoms with van der Waals surface area (Å²) in [7, 11) is 0. The van der Waals surface area contributed by atoms with Crippen LogP contribution in [0.25, 0.3) is 0 Å². The molecule has 0 fully saturated rings. The molecule has 0 aliphatic rings. The molecular weight excluding hydrogens is 833 g/mol. The summed E-state index contributed by atoms with van der Waals surface area (Å²) in [6.45, 7) is 2.94. The molecule has 0 bridgehead atoms. The van der Waals surface area contributed by atoms with E-state index < -0.39 is 0 Å². The second-order valence-electron chi connectivity index (χ2n) is 0.698. The predicted molar refractivity (Wildman–Crippen MR) is 76.9 cm³/mol. The molecule has 0 rings (SSSR count). The second-order valence-corrected chi connectivity index (χ2v) is 0.698. The number of carbonyl (C=O) groups excluding carboxylic acids is 4. The quantitative estimate of drug-likeness (QED) is 0.0673. The summed E-state index contributed by atoms with van der Waals surface area (Å²) in [4.78, 5) is 45.2. The molecule has 0 amide bonds. The van der Waals surface area contributed by atoms with Crippen molar-refractivity contribution in [1.29, 1.82) is 0 Å². The van der Waals surface area contributed by atoms with E-state index in [2.05, 4.69) is 19.6 Å². The van der Waals surface area contributed by atoms with Crippen molar-refractivity contribution in [2.45, 2.75) is 0 Å². The molecule has 0 heterocycles. The summed E-state index contributed by atoms with van der Waals surface area (Å²) in [6.07, 6.45) is 0. The van der Waals surface area contributed by atoms with Crippen LogP contribution in [0.5, 0.6) is 0 Å². The Morgan fingerprint density at radius 2 is 0.455 bits per heavy atom. The number of rotatable bonds is 4. The van der Waals surface area contributed by atoms with E-state index in [9.17, 15) is 0 Å². The minimum Gasteiger partial charge on any atom is -1.00 e. The second kappa shape index (κ2) is 284. The van der Waals surface area contributed by atoms with E-state index in [1.165, 1.54) is 0 Å². The van der Waals surface area contributed by atoms with Crippen LogP contribution in [0, 0.1) is 14.9 Å². The van der Waals surface area contributed by atoms with Crippen LogP contribution in [0.1, 0.15) is 1.43 Å². The van der Waals surface area contributed by atoms with Crippen LogP contribution < -0.4 is 118 Å². The summed E-state index contributed by atoms with van der Waals surface area (Å²) >= 11 is 0. The monoisotopic (exact) mass is 853 g/mol. The van der Waals surface area contributed by atoms with Gasteiger partial charge in [0.25, 0.3) is 0 Å². The smallest absolute Gasteiger partial charge is 1.00 e. The Morgan fingerprint density at radius 3 is 0.455 bits per heavy atom. The van der Waals surface area contributed by atoms with E-state index >= 15 is 0 Å².